The van der Waals surface area contributed by atoms with E-state index in [4.69, 9.17) is 0 Å². The summed E-state index contributed by atoms with van der Waals surface area (Å²) in [5.74, 6) is 0.294. The quantitative estimate of drug-likeness (QED) is 0.842. The maximum absolute atomic E-state index is 11.7. The van der Waals surface area contributed by atoms with Crippen LogP contribution in [0.25, 0.3) is 0 Å². The summed E-state index contributed by atoms with van der Waals surface area (Å²) < 4.78 is 0.961. The number of carbonyl (C=O) groups is 1. The number of halogens is 1. The molecule has 0 bridgehead atoms. The van der Waals surface area contributed by atoms with Crippen molar-refractivity contribution in [2.45, 2.75) is 33.6 Å². The van der Waals surface area contributed by atoms with E-state index in [0.717, 1.165) is 16.5 Å². The van der Waals surface area contributed by atoms with E-state index in [9.17, 15) is 4.79 Å². The number of Topliss-reactive ketones (excluding diaryl/α,β-unsaturated/α-hetero) is 1. The number of carbonyl (C=O) groups excluding carboxylic acids is 1. The molecule has 0 aliphatic rings. The molecule has 1 rings (SSSR count). The van der Waals surface area contributed by atoms with Crippen molar-refractivity contribution in [2.24, 2.45) is 5.41 Å². The molecule has 2 nitrogen and oxygen atoms in total. The zero-order valence-corrected chi connectivity index (χ0v) is 11.0. The number of rotatable bonds is 3. The van der Waals surface area contributed by atoms with E-state index < -0.39 is 0 Å². The Morgan fingerprint density at radius 1 is 1.40 bits per heavy atom. The molecular weight excluding hydrogens is 254 g/mol. The summed E-state index contributed by atoms with van der Waals surface area (Å²) in [6, 6.07) is 2.00. The highest BCUT2D eigenvalue weighted by Gasteiger charge is 2.20. The van der Waals surface area contributed by atoms with Crippen molar-refractivity contribution in [2.75, 3.05) is 0 Å². The molecule has 3 heteroatoms. The lowest BCUT2D eigenvalue weighted by Gasteiger charge is -2.16. The summed E-state index contributed by atoms with van der Waals surface area (Å²) in [5, 5.41) is 0. The lowest BCUT2D eigenvalue weighted by molar-refractivity contribution is -0.126. The van der Waals surface area contributed by atoms with Gasteiger partial charge in [-0.1, -0.05) is 20.8 Å². The molecule has 15 heavy (non-hydrogen) atoms. The number of pyridine rings is 1. The van der Waals surface area contributed by atoms with Gasteiger partial charge in [0.25, 0.3) is 0 Å². The molecule has 82 valence electrons. The number of aromatic nitrogens is 1. The summed E-state index contributed by atoms with van der Waals surface area (Å²) in [5.41, 5.74) is 0.862. The van der Waals surface area contributed by atoms with E-state index in [1.165, 1.54) is 0 Å². The van der Waals surface area contributed by atoms with E-state index in [1.807, 2.05) is 26.8 Å². The number of aryl methyl sites for hydroxylation is 1. The van der Waals surface area contributed by atoms with Crippen molar-refractivity contribution >= 4 is 21.7 Å². The van der Waals surface area contributed by atoms with Gasteiger partial charge in [-0.15, -0.1) is 0 Å². The van der Waals surface area contributed by atoms with Crippen molar-refractivity contribution < 1.29 is 4.79 Å². The molecule has 0 fully saturated rings. The zero-order valence-electron chi connectivity index (χ0n) is 9.38. The highest BCUT2D eigenvalue weighted by molar-refractivity contribution is 9.10. The first-order chi connectivity index (χ1) is 6.89. The average Bonchev–Trinajstić information content (AvgIpc) is 2.12. The molecule has 0 saturated carbocycles. The summed E-state index contributed by atoms with van der Waals surface area (Å²) >= 11 is 3.36. The van der Waals surface area contributed by atoms with Crippen LogP contribution in [0.1, 0.15) is 32.8 Å². The Bertz CT molecular complexity index is 355. The van der Waals surface area contributed by atoms with Gasteiger partial charge in [-0.05, 0) is 34.0 Å². The van der Waals surface area contributed by atoms with Crippen LogP contribution >= 0.6 is 15.9 Å². The van der Waals surface area contributed by atoms with Gasteiger partial charge in [0.05, 0.1) is 0 Å². The van der Waals surface area contributed by atoms with E-state index >= 15 is 0 Å². The Labute approximate surface area is 99.2 Å². The first kappa shape index (κ1) is 12.4. The third kappa shape index (κ3) is 4.12. The number of ketones is 1. The molecule has 0 radical (unpaired) electrons. The van der Waals surface area contributed by atoms with Crippen LogP contribution in [0, 0.1) is 5.41 Å². The van der Waals surface area contributed by atoms with Gasteiger partial charge in [0, 0.05) is 28.7 Å². The summed E-state index contributed by atoms with van der Waals surface area (Å²) in [6.07, 6.45) is 4.90. The second kappa shape index (κ2) is 4.88. The molecule has 0 amide bonds. The Balaban J connectivity index is 2.55. The maximum atomic E-state index is 11.7. The minimum Gasteiger partial charge on any atom is -0.299 e. The summed E-state index contributed by atoms with van der Waals surface area (Å²) in [6.45, 7) is 5.86. The van der Waals surface area contributed by atoms with Crippen LogP contribution < -0.4 is 0 Å². The molecular formula is C12H16BrNO. The Morgan fingerprint density at radius 2 is 2.07 bits per heavy atom. The second-order valence-electron chi connectivity index (χ2n) is 4.68. The summed E-state index contributed by atoms with van der Waals surface area (Å²) in [7, 11) is 0. The molecule has 0 N–H and O–H groups in total. The minimum absolute atomic E-state index is 0.237. The smallest absolute Gasteiger partial charge is 0.138 e. The number of hydrogen-bond acceptors (Lipinski definition) is 2. The predicted octanol–water partition coefficient (Wildman–Crippen LogP) is 3.39. The largest absolute Gasteiger partial charge is 0.299 e. The monoisotopic (exact) mass is 269 g/mol. The second-order valence-corrected chi connectivity index (χ2v) is 5.60. The highest BCUT2D eigenvalue weighted by atomic mass is 79.9. The van der Waals surface area contributed by atoms with Crippen molar-refractivity contribution in [1.82, 2.24) is 4.98 Å². The predicted molar refractivity (Wildman–Crippen MR) is 64.7 cm³/mol. The van der Waals surface area contributed by atoms with Crippen LogP contribution in [0.5, 0.6) is 0 Å². The van der Waals surface area contributed by atoms with Crippen LogP contribution in [-0.2, 0) is 11.2 Å². The fraction of sp³-hybridized carbons (Fsp3) is 0.500. The van der Waals surface area contributed by atoms with E-state index in [0.29, 0.717) is 12.2 Å². The average molecular weight is 270 g/mol. The van der Waals surface area contributed by atoms with Gasteiger partial charge in [0.15, 0.2) is 0 Å². The van der Waals surface area contributed by atoms with Gasteiger partial charge in [0.2, 0.25) is 0 Å². The van der Waals surface area contributed by atoms with E-state index in [1.54, 1.807) is 12.4 Å². The molecule has 1 aromatic heterocycles. The number of hydrogen-bond donors (Lipinski definition) is 0. The Hall–Kier alpha value is -0.700. The highest BCUT2D eigenvalue weighted by Crippen LogP contribution is 2.19. The van der Waals surface area contributed by atoms with Gasteiger partial charge in [0.1, 0.15) is 5.78 Å². The molecule has 0 spiro atoms. The van der Waals surface area contributed by atoms with Crippen LogP contribution in [0.2, 0.25) is 0 Å². The van der Waals surface area contributed by atoms with Gasteiger partial charge in [-0.25, -0.2) is 0 Å². The topological polar surface area (TPSA) is 30.0 Å². The van der Waals surface area contributed by atoms with Crippen molar-refractivity contribution in [3.8, 4) is 0 Å². The normalized spacial score (nSPS) is 11.5. The van der Waals surface area contributed by atoms with Crippen LogP contribution in [-0.4, -0.2) is 10.8 Å². The standard InChI is InChI=1S/C12H16BrNO/c1-12(2,3)11(15)5-4-9-6-10(13)8-14-7-9/h6-8H,4-5H2,1-3H3. The molecule has 0 saturated heterocycles. The van der Waals surface area contributed by atoms with Crippen molar-refractivity contribution in [3.63, 3.8) is 0 Å². The first-order valence-corrected chi connectivity index (χ1v) is 5.81. The van der Waals surface area contributed by atoms with E-state index in [-0.39, 0.29) is 5.41 Å². The van der Waals surface area contributed by atoms with Crippen LogP contribution in [0.3, 0.4) is 0 Å². The maximum Gasteiger partial charge on any atom is 0.138 e. The molecule has 0 aliphatic heterocycles. The third-order valence-corrected chi connectivity index (χ3v) is 2.67. The molecule has 1 aromatic rings. The third-order valence-electron chi connectivity index (χ3n) is 2.24. The zero-order chi connectivity index (χ0) is 11.5. The van der Waals surface area contributed by atoms with Crippen molar-refractivity contribution in [3.05, 3.63) is 28.5 Å². The molecule has 0 atom stereocenters. The molecule has 0 unspecified atom stereocenters. The Morgan fingerprint density at radius 3 is 2.60 bits per heavy atom. The number of nitrogens with zero attached hydrogens (tertiary/aromatic N) is 1. The van der Waals surface area contributed by atoms with Crippen molar-refractivity contribution in [1.29, 1.82) is 0 Å². The fourth-order valence-electron chi connectivity index (χ4n) is 1.23. The van der Waals surface area contributed by atoms with Gasteiger partial charge >= 0.3 is 0 Å². The van der Waals surface area contributed by atoms with Crippen LogP contribution in [0.4, 0.5) is 0 Å². The SMILES string of the molecule is CC(C)(C)C(=O)CCc1cncc(Br)c1. The van der Waals surface area contributed by atoms with E-state index in [2.05, 4.69) is 20.9 Å². The van der Waals surface area contributed by atoms with Crippen LogP contribution in [0.15, 0.2) is 22.9 Å². The summed E-state index contributed by atoms with van der Waals surface area (Å²) in [4.78, 5) is 15.8. The van der Waals surface area contributed by atoms with Gasteiger partial charge in [-0.2, -0.15) is 0 Å². The van der Waals surface area contributed by atoms with Gasteiger partial charge in [-0.3, -0.25) is 9.78 Å². The first-order valence-electron chi connectivity index (χ1n) is 5.02. The fourth-order valence-corrected chi connectivity index (χ4v) is 1.64. The molecule has 0 aliphatic carbocycles. The molecule has 1 heterocycles. The lowest BCUT2D eigenvalue weighted by Crippen LogP contribution is -2.20. The minimum atomic E-state index is -0.237. The van der Waals surface area contributed by atoms with Gasteiger partial charge < -0.3 is 0 Å². The Kier molecular flexibility index (Phi) is 4.03. The molecule has 0 aromatic carbocycles. The lowest BCUT2D eigenvalue weighted by atomic mass is 9.87.